The van der Waals surface area contributed by atoms with Crippen LogP contribution in [-0.2, 0) is 23.1 Å². The highest BCUT2D eigenvalue weighted by molar-refractivity contribution is 5.79. The molecule has 1 unspecified atom stereocenters. The molecule has 122 valence electrons. The van der Waals surface area contributed by atoms with Crippen molar-refractivity contribution in [3.63, 3.8) is 0 Å². The molecule has 1 amide bonds. The van der Waals surface area contributed by atoms with Gasteiger partial charge < -0.3 is 19.5 Å². The van der Waals surface area contributed by atoms with E-state index >= 15 is 0 Å². The fourth-order valence-corrected chi connectivity index (χ4v) is 3.02. The molecule has 1 N–H and O–H groups in total. The Kier molecular flexibility index (Phi) is 5.07. The van der Waals surface area contributed by atoms with Crippen molar-refractivity contribution in [1.29, 1.82) is 0 Å². The summed E-state index contributed by atoms with van der Waals surface area (Å²) in [7, 11) is 1.98. The number of morpholine rings is 1. The van der Waals surface area contributed by atoms with Crippen LogP contribution < -0.4 is 5.32 Å². The van der Waals surface area contributed by atoms with Crippen molar-refractivity contribution >= 4 is 5.91 Å². The number of hydrogen-bond acceptors (Lipinski definition) is 5. The predicted molar refractivity (Wildman–Crippen MR) is 82.3 cm³/mol. The molecule has 0 aromatic carbocycles. The van der Waals surface area contributed by atoms with Crippen LogP contribution in [-0.4, -0.2) is 77.2 Å². The van der Waals surface area contributed by atoms with E-state index in [1.54, 1.807) is 6.33 Å². The zero-order valence-corrected chi connectivity index (χ0v) is 13.2. The van der Waals surface area contributed by atoms with Gasteiger partial charge in [-0.15, -0.1) is 0 Å². The van der Waals surface area contributed by atoms with Gasteiger partial charge in [-0.3, -0.25) is 9.69 Å². The first-order chi connectivity index (χ1) is 10.7. The first kappa shape index (κ1) is 15.5. The Morgan fingerprint density at radius 1 is 1.36 bits per heavy atom. The van der Waals surface area contributed by atoms with E-state index in [1.807, 2.05) is 22.7 Å². The normalized spacial score (nSPS) is 23.4. The average molecular weight is 307 g/mol. The minimum absolute atomic E-state index is 0.243. The number of aryl methyl sites for hydroxylation is 1. The van der Waals surface area contributed by atoms with Gasteiger partial charge >= 0.3 is 0 Å². The lowest BCUT2D eigenvalue weighted by Crippen LogP contribution is -2.42. The second kappa shape index (κ2) is 7.21. The summed E-state index contributed by atoms with van der Waals surface area (Å²) in [5.41, 5.74) is 1.14. The molecule has 0 saturated carbocycles. The van der Waals surface area contributed by atoms with E-state index in [9.17, 15) is 4.79 Å². The third-order valence-corrected chi connectivity index (χ3v) is 4.49. The number of likely N-dealkylation sites (tertiary alicyclic amines) is 1. The van der Waals surface area contributed by atoms with Gasteiger partial charge in [0.25, 0.3) is 0 Å². The average Bonchev–Trinajstić information content (AvgIpc) is 3.10. The summed E-state index contributed by atoms with van der Waals surface area (Å²) in [6, 6.07) is 0.243. The number of aromatic nitrogens is 2. The van der Waals surface area contributed by atoms with Gasteiger partial charge in [-0.2, -0.15) is 0 Å². The van der Waals surface area contributed by atoms with E-state index in [4.69, 9.17) is 4.74 Å². The summed E-state index contributed by atoms with van der Waals surface area (Å²) in [6.45, 7) is 6.90. The second-order valence-electron chi connectivity index (χ2n) is 6.07. The smallest absolute Gasteiger partial charge is 0.224 e. The zero-order chi connectivity index (χ0) is 15.4. The minimum atomic E-state index is 0.243. The number of imidazole rings is 1. The van der Waals surface area contributed by atoms with Crippen molar-refractivity contribution in [2.75, 3.05) is 45.9 Å². The summed E-state index contributed by atoms with van der Waals surface area (Å²) in [6.07, 6.45) is 4.26. The second-order valence-corrected chi connectivity index (χ2v) is 6.07. The van der Waals surface area contributed by atoms with Gasteiger partial charge in [-0.05, 0) is 0 Å². The molecule has 2 saturated heterocycles. The number of rotatable bonds is 6. The Labute approximate surface area is 131 Å². The van der Waals surface area contributed by atoms with E-state index in [0.29, 0.717) is 6.42 Å². The lowest BCUT2D eigenvalue weighted by Gasteiger charge is -2.28. The van der Waals surface area contributed by atoms with Crippen molar-refractivity contribution in [2.45, 2.75) is 19.0 Å². The van der Waals surface area contributed by atoms with E-state index in [2.05, 4.69) is 15.2 Å². The van der Waals surface area contributed by atoms with Gasteiger partial charge in [0.05, 0.1) is 25.2 Å². The molecular weight excluding hydrogens is 282 g/mol. The van der Waals surface area contributed by atoms with E-state index in [1.165, 1.54) is 0 Å². The Bertz CT molecular complexity index is 498. The Hall–Kier alpha value is -1.44. The number of carbonyl (C=O) groups is 1. The number of nitrogens with one attached hydrogen (secondary N) is 1. The van der Waals surface area contributed by atoms with Gasteiger partial charge in [0.1, 0.15) is 0 Å². The zero-order valence-electron chi connectivity index (χ0n) is 13.2. The van der Waals surface area contributed by atoms with Crippen LogP contribution in [0.15, 0.2) is 12.5 Å². The molecule has 3 rings (SSSR count). The number of amides is 1. The fourth-order valence-electron chi connectivity index (χ4n) is 3.02. The van der Waals surface area contributed by atoms with Crippen LogP contribution in [0.5, 0.6) is 0 Å². The molecule has 2 aliphatic rings. The van der Waals surface area contributed by atoms with Crippen LogP contribution in [0.3, 0.4) is 0 Å². The highest BCUT2D eigenvalue weighted by Gasteiger charge is 2.29. The Morgan fingerprint density at radius 3 is 2.91 bits per heavy atom. The topological polar surface area (TPSA) is 62.6 Å². The van der Waals surface area contributed by atoms with Crippen LogP contribution in [0.4, 0.5) is 0 Å². The molecule has 0 spiro atoms. The molecule has 1 aromatic rings. The first-order valence-corrected chi connectivity index (χ1v) is 7.99. The van der Waals surface area contributed by atoms with Gasteiger partial charge in [0.2, 0.25) is 5.91 Å². The number of hydrogen-bond donors (Lipinski definition) is 1. The van der Waals surface area contributed by atoms with Crippen LogP contribution in [0.2, 0.25) is 0 Å². The van der Waals surface area contributed by atoms with Crippen LogP contribution in [0.1, 0.15) is 12.1 Å². The summed E-state index contributed by atoms with van der Waals surface area (Å²) in [5.74, 6) is 0.260. The monoisotopic (exact) mass is 307 g/mol. The fraction of sp³-hybridized carbons (Fsp3) is 0.733. The molecule has 3 heterocycles. The molecule has 7 heteroatoms. The van der Waals surface area contributed by atoms with Crippen molar-refractivity contribution in [2.24, 2.45) is 7.05 Å². The van der Waals surface area contributed by atoms with Crippen molar-refractivity contribution in [3.8, 4) is 0 Å². The van der Waals surface area contributed by atoms with E-state index in [-0.39, 0.29) is 11.9 Å². The quantitative estimate of drug-likeness (QED) is 0.763. The van der Waals surface area contributed by atoms with Gasteiger partial charge in [-0.1, -0.05) is 0 Å². The molecule has 1 aromatic heterocycles. The van der Waals surface area contributed by atoms with Crippen molar-refractivity contribution < 1.29 is 9.53 Å². The van der Waals surface area contributed by atoms with Crippen LogP contribution >= 0.6 is 0 Å². The first-order valence-electron chi connectivity index (χ1n) is 7.99. The highest BCUT2D eigenvalue weighted by atomic mass is 16.5. The Balaban J connectivity index is 1.41. The molecule has 0 radical (unpaired) electrons. The summed E-state index contributed by atoms with van der Waals surface area (Å²) >= 11 is 0. The standard InChI is InChI=1S/C15H25N5O2/c1-18-12-16-9-14(18)10-17-13-8-15(21)20(11-13)3-2-19-4-6-22-7-5-19/h9,12-13,17H,2-8,10-11H2,1H3. The van der Waals surface area contributed by atoms with E-state index < -0.39 is 0 Å². The van der Waals surface area contributed by atoms with Crippen LogP contribution in [0, 0.1) is 0 Å². The molecule has 2 fully saturated rings. The molecule has 7 nitrogen and oxygen atoms in total. The lowest BCUT2D eigenvalue weighted by atomic mass is 10.2. The van der Waals surface area contributed by atoms with Crippen molar-refractivity contribution in [3.05, 3.63) is 18.2 Å². The SMILES string of the molecule is Cn1cncc1CNC1CC(=O)N(CCN2CCOCC2)C1. The molecule has 1 atom stereocenters. The maximum absolute atomic E-state index is 12.1. The predicted octanol–water partition coefficient (Wildman–Crippen LogP) is -0.557. The maximum atomic E-state index is 12.1. The molecule has 0 aliphatic carbocycles. The lowest BCUT2D eigenvalue weighted by molar-refractivity contribution is -0.128. The maximum Gasteiger partial charge on any atom is 0.224 e. The summed E-state index contributed by atoms with van der Waals surface area (Å²) in [4.78, 5) is 20.6. The van der Waals surface area contributed by atoms with E-state index in [0.717, 1.165) is 58.2 Å². The van der Waals surface area contributed by atoms with Gasteiger partial charge in [-0.25, -0.2) is 4.98 Å². The molecule has 22 heavy (non-hydrogen) atoms. The van der Waals surface area contributed by atoms with Gasteiger partial charge in [0.15, 0.2) is 0 Å². The minimum Gasteiger partial charge on any atom is -0.379 e. The van der Waals surface area contributed by atoms with Crippen molar-refractivity contribution in [1.82, 2.24) is 24.7 Å². The molecular formula is C15H25N5O2. The van der Waals surface area contributed by atoms with Gasteiger partial charge in [0, 0.05) is 65.0 Å². The number of ether oxygens (including phenoxy) is 1. The summed E-state index contributed by atoms with van der Waals surface area (Å²) in [5, 5.41) is 3.47. The molecule has 2 aliphatic heterocycles. The number of carbonyl (C=O) groups excluding carboxylic acids is 1. The third-order valence-electron chi connectivity index (χ3n) is 4.49. The highest BCUT2D eigenvalue weighted by Crippen LogP contribution is 2.12. The Morgan fingerprint density at radius 2 is 2.18 bits per heavy atom. The third kappa shape index (κ3) is 3.85. The molecule has 0 bridgehead atoms. The number of nitrogens with zero attached hydrogens (tertiary/aromatic N) is 4. The summed E-state index contributed by atoms with van der Waals surface area (Å²) < 4.78 is 7.35. The van der Waals surface area contributed by atoms with Crippen LogP contribution in [0.25, 0.3) is 0 Å². The largest absolute Gasteiger partial charge is 0.379 e.